The molecule has 9 heavy (non-hydrogen) atoms. The van der Waals surface area contributed by atoms with Crippen LogP contribution < -0.4 is 5.11 Å². The second-order valence-corrected chi connectivity index (χ2v) is 1.40. The number of carbonyl (C=O) groups is 1. The van der Waals surface area contributed by atoms with E-state index in [1.807, 2.05) is 0 Å². The first-order valence-electron chi connectivity index (χ1n) is 2.57. The monoisotopic (exact) mass is 130 g/mol. The van der Waals surface area contributed by atoms with Crippen LogP contribution in [0.15, 0.2) is 0 Å². The molecular weight excluding hydrogens is 122 g/mol. The Kier molecular flexibility index (Phi) is 3.43. The Bertz CT molecular complexity index is 121. The Morgan fingerprint density at radius 2 is 2.33 bits per heavy atom. The van der Waals surface area contributed by atoms with E-state index in [4.69, 9.17) is 5.41 Å². The van der Waals surface area contributed by atoms with Crippen LogP contribution in [0.3, 0.4) is 0 Å². The first-order valence-corrected chi connectivity index (χ1v) is 2.57. The molecule has 0 aromatic rings. The SMILES string of the molecule is CCOC(=O)CC(=N)[O-]. The summed E-state index contributed by atoms with van der Waals surface area (Å²) >= 11 is 0. The average Bonchev–Trinajstić information content (AvgIpc) is 1.63. The molecule has 0 bridgehead atoms. The summed E-state index contributed by atoms with van der Waals surface area (Å²) in [5, 5.41) is 16.2. The van der Waals surface area contributed by atoms with Gasteiger partial charge in [0.15, 0.2) is 0 Å². The molecule has 4 nitrogen and oxygen atoms in total. The zero-order chi connectivity index (χ0) is 7.28. The maximum Gasteiger partial charge on any atom is 0.310 e. The van der Waals surface area contributed by atoms with Gasteiger partial charge in [0.05, 0.1) is 13.0 Å². The molecule has 0 heterocycles. The van der Waals surface area contributed by atoms with Crippen molar-refractivity contribution < 1.29 is 14.6 Å². The lowest BCUT2D eigenvalue weighted by Gasteiger charge is -2.04. The number of esters is 1. The minimum atomic E-state index is -0.909. The van der Waals surface area contributed by atoms with Crippen molar-refractivity contribution in [2.75, 3.05) is 6.61 Å². The molecule has 0 aliphatic heterocycles. The highest BCUT2D eigenvalue weighted by Gasteiger charge is 1.97. The standard InChI is InChI=1S/C5H9NO3/c1-2-9-5(8)3-4(6)7/h2-3H2,1H3,(H2,6,7)/p-1. The highest BCUT2D eigenvalue weighted by molar-refractivity contribution is 5.90. The maximum absolute atomic E-state index is 10.3. The fourth-order valence-corrected chi connectivity index (χ4v) is 0.343. The van der Waals surface area contributed by atoms with Gasteiger partial charge in [0.2, 0.25) is 0 Å². The van der Waals surface area contributed by atoms with E-state index in [1.165, 1.54) is 0 Å². The van der Waals surface area contributed by atoms with Crippen molar-refractivity contribution in [2.24, 2.45) is 0 Å². The van der Waals surface area contributed by atoms with Crippen molar-refractivity contribution >= 4 is 11.9 Å². The second-order valence-electron chi connectivity index (χ2n) is 1.40. The van der Waals surface area contributed by atoms with E-state index in [0.29, 0.717) is 0 Å². The van der Waals surface area contributed by atoms with E-state index in [-0.39, 0.29) is 6.61 Å². The predicted octanol–water partition coefficient (Wildman–Crippen LogP) is -0.723. The van der Waals surface area contributed by atoms with E-state index in [1.54, 1.807) is 6.92 Å². The van der Waals surface area contributed by atoms with Gasteiger partial charge in [-0.1, -0.05) is 0 Å². The summed E-state index contributed by atoms with van der Waals surface area (Å²) < 4.78 is 4.37. The summed E-state index contributed by atoms with van der Waals surface area (Å²) in [5.74, 6) is -1.54. The van der Waals surface area contributed by atoms with E-state index in [2.05, 4.69) is 4.74 Å². The molecule has 0 saturated carbocycles. The normalized spacial score (nSPS) is 8.56. The molecule has 0 aromatic carbocycles. The Hall–Kier alpha value is -1.06. The van der Waals surface area contributed by atoms with Gasteiger partial charge < -0.3 is 15.3 Å². The molecule has 0 rings (SSSR count). The van der Waals surface area contributed by atoms with Crippen LogP contribution in [0.4, 0.5) is 0 Å². The zero-order valence-corrected chi connectivity index (χ0v) is 5.14. The second kappa shape index (κ2) is 3.88. The number of carbonyl (C=O) groups excluding carboxylic acids is 1. The van der Waals surface area contributed by atoms with Crippen LogP contribution in [-0.2, 0) is 9.53 Å². The third-order valence-electron chi connectivity index (χ3n) is 0.610. The average molecular weight is 130 g/mol. The highest BCUT2D eigenvalue weighted by atomic mass is 16.5. The molecule has 1 N–H and O–H groups in total. The summed E-state index contributed by atoms with van der Waals surface area (Å²) in [4.78, 5) is 10.3. The third kappa shape index (κ3) is 4.80. The largest absolute Gasteiger partial charge is 0.862 e. The summed E-state index contributed by atoms with van der Waals surface area (Å²) in [7, 11) is 0. The van der Waals surface area contributed by atoms with Crippen LogP contribution in [-0.4, -0.2) is 18.5 Å². The van der Waals surface area contributed by atoms with Gasteiger partial charge in [0.1, 0.15) is 0 Å². The summed E-state index contributed by atoms with van der Waals surface area (Å²) in [6.45, 7) is 1.90. The predicted molar refractivity (Wildman–Crippen MR) is 29.0 cm³/mol. The van der Waals surface area contributed by atoms with Crippen molar-refractivity contribution in [3.8, 4) is 0 Å². The number of hydrogen-bond donors (Lipinski definition) is 1. The van der Waals surface area contributed by atoms with Gasteiger partial charge in [-0.2, -0.15) is 0 Å². The van der Waals surface area contributed by atoms with Crippen molar-refractivity contribution in [3.05, 3.63) is 0 Å². The van der Waals surface area contributed by atoms with Crippen molar-refractivity contribution in [3.63, 3.8) is 0 Å². The smallest absolute Gasteiger partial charge is 0.310 e. The lowest BCUT2D eigenvalue weighted by atomic mass is 10.4. The Labute approximate surface area is 53.0 Å². The van der Waals surface area contributed by atoms with Gasteiger partial charge in [-0.3, -0.25) is 4.79 Å². The van der Waals surface area contributed by atoms with Crippen molar-refractivity contribution in [2.45, 2.75) is 13.3 Å². The molecule has 0 aromatic heterocycles. The fraction of sp³-hybridized carbons (Fsp3) is 0.600. The summed E-state index contributed by atoms with van der Waals surface area (Å²) in [6.07, 6.45) is -0.437. The van der Waals surface area contributed by atoms with E-state index in [9.17, 15) is 9.90 Å². The molecule has 0 atom stereocenters. The highest BCUT2D eigenvalue weighted by Crippen LogP contribution is 1.82. The number of rotatable bonds is 3. The van der Waals surface area contributed by atoms with Crippen LogP contribution in [0.25, 0.3) is 0 Å². The third-order valence-corrected chi connectivity index (χ3v) is 0.610. The van der Waals surface area contributed by atoms with Crippen LogP contribution in [0.2, 0.25) is 0 Å². The molecule has 52 valence electrons. The lowest BCUT2D eigenvalue weighted by molar-refractivity contribution is -0.221. The Balaban J connectivity index is 3.39. The van der Waals surface area contributed by atoms with Gasteiger partial charge in [-0.05, 0) is 12.8 Å². The molecular formula is C5H8NO3-. The van der Waals surface area contributed by atoms with Gasteiger partial charge in [0, 0.05) is 0 Å². The minimum Gasteiger partial charge on any atom is -0.862 e. The molecule has 0 fully saturated rings. The number of nitrogens with one attached hydrogen (secondary N) is 1. The molecule has 0 spiro atoms. The number of ether oxygens (including phenoxy) is 1. The van der Waals surface area contributed by atoms with Crippen molar-refractivity contribution in [1.82, 2.24) is 0 Å². The number of hydrogen-bond acceptors (Lipinski definition) is 4. The van der Waals surface area contributed by atoms with Crippen molar-refractivity contribution in [1.29, 1.82) is 5.41 Å². The van der Waals surface area contributed by atoms with Crippen LogP contribution in [0, 0.1) is 5.41 Å². The van der Waals surface area contributed by atoms with E-state index in [0.717, 1.165) is 0 Å². The van der Waals surface area contributed by atoms with E-state index >= 15 is 0 Å². The molecule has 4 heteroatoms. The summed E-state index contributed by atoms with van der Waals surface area (Å²) in [6, 6.07) is 0. The van der Waals surface area contributed by atoms with Gasteiger partial charge in [0.25, 0.3) is 0 Å². The topological polar surface area (TPSA) is 73.2 Å². The minimum absolute atomic E-state index is 0.256. The quantitative estimate of drug-likeness (QED) is 0.311. The maximum atomic E-state index is 10.3. The first kappa shape index (κ1) is 7.94. The van der Waals surface area contributed by atoms with Crippen LogP contribution in [0.1, 0.15) is 13.3 Å². The molecule has 0 amide bonds. The first-order chi connectivity index (χ1) is 4.16. The molecule has 0 aliphatic carbocycles. The van der Waals surface area contributed by atoms with Gasteiger partial charge in [-0.25, -0.2) is 0 Å². The molecule has 0 aliphatic rings. The van der Waals surface area contributed by atoms with Crippen LogP contribution in [0.5, 0.6) is 0 Å². The Morgan fingerprint density at radius 3 is 2.67 bits per heavy atom. The Morgan fingerprint density at radius 1 is 1.78 bits per heavy atom. The zero-order valence-electron chi connectivity index (χ0n) is 5.14. The fourth-order valence-electron chi connectivity index (χ4n) is 0.343. The molecule has 0 radical (unpaired) electrons. The molecule has 0 saturated heterocycles. The lowest BCUT2D eigenvalue weighted by Crippen LogP contribution is -2.21. The van der Waals surface area contributed by atoms with Crippen LogP contribution >= 0.6 is 0 Å². The van der Waals surface area contributed by atoms with Gasteiger partial charge >= 0.3 is 5.97 Å². The van der Waals surface area contributed by atoms with Gasteiger partial charge in [-0.15, -0.1) is 0 Å². The summed E-state index contributed by atoms with van der Waals surface area (Å²) in [5.41, 5.74) is 0. The van der Waals surface area contributed by atoms with E-state index < -0.39 is 18.3 Å². The molecule has 0 unspecified atom stereocenters.